The van der Waals surface area contributed by atoms with Gasteiger partial charge in [-0.1, -0.05) is 41.9 Å². The molecule has 5 rings (SSSR count). The maximum absolute atomic E-state index is 13.8. The minimum absolute atomic E-state index is 0.0266. The first-order valence-electron chi connectivity index (χ1n) is 13.0. The highest BCUT2D eigenvalue weighted by Gasteiger charge is 2.42. The van der Waals surface area contributed by atoms with Crippen molar-refractivity contribution in [1.82, 2.24) is 40.1 Å². The normalized spacial score (nSPS) is 15.8. The van der Waals surface area contributed by atoms with E-state index in [1.165, 1.54) is 18.2 Å². The van der Waals surface area contributed by atoms with Crippen LogP contribution in [0.15, 0.2) is 61.2 Å². The van der Waals surface area contributed by atoms with Crippen LogP contribution in [0.25, 0.3) is 16.8 Å². The number of rotatable bonds is 9. The Morgan fingerprint density at radius 1 is 1.16 bits per heavy atom. The zero-order valence-corrected chi connectivity index (χ0v) is 23.9. The van der Waals surface area contributed by atoms with E-state index in [1.54, 1.807) is 47.5 Å². The van der Waals surface area contributed by atoms with E-state index in [1.807, 2.05) is 6.20 Å². The first-order chi connectivity index (χ1) is 21.3. The van der Waals surface area contributed by atoms with Gasteiger partial charge in [0.1, 0.15) is 25.5 Å². The van der Waals surface area contributed by atoms with Crippen molar-refractivity contribution in [2.45, 2.75) is 24.7 Å². The minimum Gasteiger partial charge on any atom is -0.447 e. The van der Waals surface area contributed by atoms with E-state index >= 15 is 0 Å². The van der Waals surface area contributed by atoms with Gasteiger partial charge in [0.2, 0.25) is 0 Å². The number of nitrogens with one attached hydrogen (secondary N) is 3. The second-order valence-electron chi connectivity index (χ2n) is 9.78. The quantitative estimate of drug-likeness (QED) is 0.223. The molecule has 1 aliphatic heterocycles. The Morgan fingerprint density at radius 3 is 2.53 bits per heavy atom. The lowest BCUT2D eigenvalue weighted by Gasteiger charge is -2.27. The fourth-order valence-electron chi connectivity index (χ4n) is 4.67. The van der Waals surface area contributed by atoms with Crippen LogP contribution in [0.1, 0.15) is 35.5 Å². The molecule has 4 aromatic rings. The number of carbonyl (C=O) groups excluding carboxylic acids is 2. The third kappa shape index (κ3) is 6.87. The lowest BCUT2D eigenvalue weighted by atomic mass is 10.0. The first-order valence-corrected chi connectivity index (χ1v) is 13.4. The van der Waals surface area contributed by atoms with E-state index in [0.717, 1.165) is 27.0 Å². The maximum Gasteiger partial charge on any atom is 0.407 e. The monoisotopic (exact) mass is 651 g/mol. The van der Waals surface area contributed by atoms with Gasteiger partial charge >= 0.3 is 12.3 Å². The van der Waals surface area contributed by atoms with Crippen molar-refractivity contribution in [2.75, 3.05) is 13.2 Å². The standard InChI is InChI=1S/C27H23ClF5N9O3/c1-40-10-17(9-37-40)14-2-4-15(5-3-14)21-24(43)41(25(34)39-21)20(11-45-26(44)35-12-27(31,32)33)16-6-7-18(28)19(8-16)42-23(22(29)30)36-13-38-42/h2-10,13,20-22H,11-12H2,1H3,(H2,34,39)(H,35,44)/t20-,21-/m1/s1. The molecular weight excluding hydrogens is 629 g/mol. The van der Waals surface area contributed by atoms with Crippen molar-refractivity contribution in [3.63, 3.8) is 0 Å². The second kappa shape index (κ2) is 12.5. The fourth-order valence-corrected chi connectivity index (χ4v) is 4.87. The number of ether oxygens (including phenoxy) is 1. The molecule has 0 radical (unpaired) electrons. The number of benzene rings is 2. The largest absolute Gasteiger partial charge is 0.447 e. The number of halogens is 6. The van der Waals surface area contributed by atoms with Crippen molar-refractivity contribution in [2.24, 2.45) is 7.05 Å². The van der Waals surface area contributed by atoms with Crippen molar-refractivity contribution >= 4 is 29.6 Å². The number of alkyl halides is 5. The molecule has 2 amide bonds. The lowest BCUT2D eigenvalue weighted by molar-refractivity contribution is -0.129. The van der Waals surface area contributed by atoms with Crippen molar-refractivity contribution in [3.05, 3.63) is 83.2 Å². The molecule has 0 bridgehead atoms. The number of hydrogen-bond acceptors (Lipinski definition) is 7. The van der Waals surface area contributed by atoms with Crippen LogP contribution < -0.4 is 10.6 Å². The molecule has 3 heterocycles. The molecule has 2 atom stereocenters. The van der Waals surface area contributed by atoms with E-state index in [9.17, 15) is 31.5 Å². The fraction of sp³-hybridized carbons (Fsp3) is 0.259. The summed E-state index contributed by atoms with van der Waals surface area (Å²) in [5.41, 5.74) is 2.23. The van der Waals surface area contributed by atoms with Crippen LogP contribution in [-0.2, 0) is 16.6 Å². The average molecular weight is 652 g/mol. The molecule has 1 saturated heterocycles. The van der Waals surface area contributed by atoms with Gasteiger partial charge in [0.15, 0.2) is 11.8 Å². The van der Waals surface area contributed by atoms with Crippen LogP contribution in [0.3, 0.4) is 0 Å². The zero-order valence-electron chi connectivity index (χ0n) is 23.1. The number of amides is 2. The number of guanidine groups is 1. The van der Waals surface area contributed by atoms with Gasteiger partial charge in [0.05, 0.1) is 22.9 Å². The molecule has 236 valence electrons. The third-order valence-electron chi connectivity index (χ3n) is 6.76. The predicted octanol–water partition coefficient (Wildman–Crippen LogP) is 4.70. The molecule has 45 heavy (non-hydrogen) atoms. The first kappa shape index (κ1) is 31.4. The Balaban J connectivity index is 1.46. The Hall–Kier alpha value is -5.06. The molecule has 3 N–H and O–H groups in total. The summed E-state index contributed by atoms with van der Waals surface area (Å²) in [6.45, 7) is -2.38. The average Bonchev–Trinajstić information content (AvgIpc) is 3.72. The summed E-state index contributed by atoms with van der Waals surface area (Å²) in [6.07, 6.45) is -4.79. The highest BCUT2D eigenvalue weighted by molar-refractivity contribution is 6.32. The topological polar surface area (TPSA) is 143 Å². The second-order valence-corrected chi connectivity index (χ2v) is 10.2. The van der Waals surface area contributed by atoms with Gasteiger partial charge in [-0.05, 0) is 28.8 Å². The van der Waals surface area contributed by atoms with Crippen LogP contribution >= 0.6 is 11.6 Å². The van der Waals surface area contributed by atoms with Crippen LogP contribution in [0.2, 0.25) is 5.02 Å². The molecule has 1 fully saturated rings. The Morgan fingerprint density at radius 2 is 1.89 bits per heavy atom. The van der Waals surface area contributed by atoms with Gasteiger partial charge in [-0.2, -0.15) is 23.4 Å². The van der Waals surface area contributed by atoms with Gasteiger partial charge in [0, 0.05) is 18.8 Å². The van der Waals surface area contributed by atoms with Crippen molar-refractivity contribution < 1.29 is 36.3 Å². The summed E-state index contributed by atoms with van der Waals surface area (Å²) in [5.74, 6) is -1.78. The van der Waals surface area contributed by atoms with Crippen LogP contribution in [0.4, 0.5) is 26.7 Å². The Kier molecular flexibility index (Phi) is 8.72. The lowest BCUT2D eigenvalue weighted by Crippen LogP contribution is -2.40. The predicted molar refractivity (Wildman–Crippen MR) is 149 cm³/mol. The molecule has 1 aliphatic rings. The molecule has 2 aromatic carbocycles. The van der Waals surface area contributed by atoms with Gasteiger partial charge < -0.3 is 15.4 Å². The number of aryl methyl sites for hydroxylation is 1. The van der Waals surface area contributed by atoms with Crippen LogP contribution in [0, 0.1) is 5.41 Å². The summed E-state index contributed by atoms with van der Waals surface area (Å²) < 4.78 is 72.4. The Labute approximate surface area is 256 Å². The number of hydrogen-bond donors (Lipinski definition) is 3. The third-order valence-corrected chi connectivity index (χ3v) is 7.08. The van der Waals surface area contributed by atoms with Crippen molar-refractivity contribution in [1.29, 1.82) is 5.41 Å². The number of aromatic nitrogens is 5. The highest BCUT2D eigenvalue weighted by Crippen LogP contribution is 2.34. The number of nitrogens with zero attached hydrogens (tertiary/aromatic N) is 6. The summed E-state index contributed by atoms with van der Waals surface area (Å²) in [6, 6.07) is 8.53. The summed E-state index contributed by atoms with van der Waals surface area (Å²) in [4.78, 5) is 30.4. The van der Waals surface area contributed by atoms with Crippen molar-refractivity contribution in [3.8, 4) is 16.8 Å². The number of carbonyl (C=O) groups is 2. The summed E-state index contributed by atoms with van der Waals surface area (Å²) in [5, 5.41) is 20.8. The molecule has 0 spiro atoms. The van der Waals surface area contributed by atoms with E-state index in [4.69, 9.17) is 21.7 Å². The van der Waals surface area contributed by atoms with E-state index < -0.39 is 61.6 Å². The van der Waals surface area contributed by atoms with Gasteiger partial charge in [-0.3, -0.25) is 19.8 Å². The highest BCUT2D eigenvalue weighted by atomic mass is 35.5. The van der Waals surface area contributed by atoms with E-state index in [2.05, 4.69) is 20.5 Å². The molecule has 0 aliphatic carbocycles. The van der Waals surface area contributed by atoms with Crippen LogP contribution in [0.5, 0.6) is 0 Å². The van der Waals surface area contributed by atoms with Gasteiger partial charge in [0.25, 0.3) is 12.3 Å². The molecule has 0 unspecified atom stereocenters. The SMILES string of the molecule is Cn1cc(-c2ccc([C@H]3NC(=N)N([C@H](COC(=O)NCC(F)(F)F)c4ccc(Cl)c(-n5ncnc5C(F)F)c4)C3=O)cc2)cn1. The van der Waals surface area contributed by atoms with E-state index in [0.29, 0.717) is 5.56 Å². The van der Waals surface area contributed by atoms with Gasteiger partial charge in [-0.15, -0.1) is 0 Å². The maximum atomic E-state index is 13.8. The molecule has 0 saturated carbocycles. The zero-order chi connectivity index (χ0) is 32.5. The summed E-state index contributed by atoms with van der Waals surface area (Å²) >= 11 is 6.28. The molecule has 2 aromatic heterocycles. The number of alkyl carbamates (subject to hydrolysis) is 1. The molecular formula is C27H23ClF5N9O3. The minimum atomic E-state index is -4.71. The Bertz CT molecular complexity index is 1730. The smallest absolute Gasteiger partial charge is 0.407 e. The molecule has 12 nitrogen and oxygen atoms in total. The van der Waals surface area contributed by atoms with Gasteiger partial charge in [-0.25, -0.2) is 23.2 Å². The van der Waals surface area contributed by atoms with Crippen LogP contribution in [-0.4, -0.2) is 66.7 Å². The van der Waals surface area contributed by atoms with E-state index in [-0.39, 0.29) is 16.3 Å². The summed E-state index contributed by atoms with van der Waals surface area (Å²) in [7, 11) is 1.77. The molecule has 18 heteroatoms.